The Morgan fingerprint density at radius 2 is 1.92 bits per heavy atom. The van der Waals surface area contributed by atoms with E-state index in [9.17, 15) is 9.59 Å². The number of aromatic nitrogens is 2. The van der Waals surface area contributed by atoms with E-state index in [1.54, 1.807) is 18.3 Å². The highest BCUT2D eigenvalue weighted by molar-refractivity contribution is 9.10. The predicted octanol–water partition coefficient (Wildman–Crippen LogP) is 5.71. The second-order valence-corrected chi connectivity index (χ2v) is 9.31. The molecule has 0 aliphatic heterocycles. The number of nitrogens with one attached hydrogen (secondary N) is 1. The van der Waals surface area contributed by atoms with Crippen molar-refractivity contribution in [3.8, 4) is 5.75 Å². The lowest BCUT2D eigenvalue weighted by atomic mass is 10.2. The Morgan fingerprint density at radius 1 is 1.14 bits per heavy atom. The highest BCUT2D eigenvalue weighted by Gasteiger charge is 2.12. The molecule has 0 saturated carbocycles. The summed E-state index contributed by atoms with van der Waals surface area (Å²) in [5.74, 6) is 0.816. The van der Waals surface area contributed by atoms with Gasteiger partial charge < -0.3 is 10.1 Å². The number of fused-ring (bicyclic) bond motifs is 1. The fourth-order valence-electron chi connectivity index (χ4n) is 3.63. The molecule has 0 fully saturated rings. The van der Waals surface area contributed by atoms with Crippen LogP contribution in [0.25, 0.3) is 10.9 Å². The number of amides is 1. The third-order valence-electron chi connectivity index (χ3n) is 5.55. The van der Waals surface area contributed by atoms with Gasteiger partial charge in [0.1, 0.15) is 11.6 Å². The fourth-order valence-corrected chi connectivity index (χ4v) is 3.99. The van der Waals surface area contributed by atoms with E-state index in [4.69, 9.17) is 9.72 Å². The molecule has 36 heavy (non-hydrogen) atoms. The van der Waals surface area contributed by atoms with E-state index < -0.39 is 0 Å². The van der Waals surface area contributed by atoms with Crippen molar-refractivity contribution in [3.63, 3.8) is 0 Å². The number of para-hydroxylation sites is 1. The number of carbonyl (C=O) groups excluding carboxylic acids is 1. The summed E-state index contributed by atoms with van der Waals surface area (Å²) in [5.41, 5.74) is 2.87. The van der Waals surface area contributed by atoms with Gasteiger partial charge in [-0.15, -0.1) is 0 Å². The van der Waals surface area contributed by atoms with Crippen LogP contribution in [0.4, 0.5) is 5.69 Å². The van der Waals surface area contributed by atoms with Crippen LogP contribution in [0.1, 0.15) is 36.7 Å². The summed E-state index contributed by atoms with van der Waals surface area (Å²) >= 11 is 3.43. The number of hydrogen-bond donors (Lipinski definition) is 1. The molecule has 1 amide bonds. The lowest BCUT2D eigenvalue weighted by molar-refractivity contribution is -0.118. The second-order valence-electron chi connectivity index (χ2n) is 8.40. The van der Waals surface area contributed by atoms with Crippen LogP contribution < -0.4 is 15.6 Å². The van der Waals surface area contributed by atoms with Crippen LogP contribution in [0, 0.1) is 6.92 Å². The Hall–Kier alpha value is -3.78. The summed E-state index contributed by atoms with van der Waals surface area (Å²) in [6.07, 6.45) is 4.06. The molecule has 7 nitrogen and oxygen atoms in total. The van der Waals surface area contributed by atoms with Crippen molar-refractivity contribution >= 4 is 44.6 Å². The average Bonchev–Trinajstić information content (AvgIpc) is 2.88. The molecule has 0 unspecified atom stereocenters. The number of halogens is 1. The maximum atomic E-state index is 13.3. The lowest BCUT2D eigenvalue weighted by Gasteiger charge is -2.11. The van der Waals surface area contributed by atoms with Crippen molar-refractivity contribution in [2.45, 2.75) is 33.1 Å². The Labute approximate surface area is 218 Å². The van der Waals surface area contributed by atoms with Crippen LogP contribution in [0.15, 0.2) is 81.1 Å². The van der Waals surface area contributed by atoms with Gasteiger partial charge in [-0.3, -0.25) is 9.59 Å². The Bertz CT molecular complexity index is 1460. The molecule has 1 aromatic heterocycles. The van der Waals surface area contributed by atoms with Gasteiger partial charge in [0.05, 0.1) is 17.1 Å². The monoisotopic (exact) mass is 546 g/mol. The maximum absolute atomic E-state index is 13.3. The quantitative estimate of drug-likeness (QED) is 0.272. The maximum Gasteiger partial charge on any atom is 0.282 e. The lowest BCUT2D eigenvalue weighted by Crippen LogP contribution is -2.22. The van der Waals surface area contributed by atoms with Crippen molar-refractivity contribution in [3.05, 3.63) is 98.5 Å². The number of ether oxygens (including phenoxy) is 1. The third kappa shape index (κ3) is 6.26. The Morgan fingerprint density at radius 3 is 2.69 bits per heavy atom. The molecule has 0 spiro atoms. The number of carbonyl (C=O) groups is 1. The minimum absolute atomic E-state index is 0.161. The molecule has 4 aromatic rings. The molecule has 1 N–H and O–H groups in total. The summed E-state index contributed by atoms with van der Waals surface area (Å²) in [4.78, 5) is 30.4. The fraction of sp³-hybridized carbons (Fsp3) is 0.214. The third-order valence-corrected chi connectivity index (χ3v) is 6.05. The van der Waals surface area contributed by atoms with Crippen LogP contribution in [0.2, 0.25) is 0 Å². The molecular formula is C28H27BrN4O3. The number of benzene rings is 3. The van der Waals surface area contributed by atoms with Crippen molar-refractivity contribution < 1.29 is 9.53 Å². The number of rotatable bonds is 9. The van der Waals surface area contributed by atoms with E-state index in [0.29, 0.717) is 40.1 Å². The first-order chi connectivity index (χ1) is 17.4. The number of unbranched alkanes of at least 4 members (excludes halogenated alkanes) is 1. The van der Waals surface area contributed by atoms with E-state index >= 15 is 0 Å². The number of anilines is 1. The minimum Gasteiger partial charge on any atom is -0.483 e. The molecular weight excluding hydrogens is 520 g/mol. The van der Waals surface area contributed by atoms with Gasteiger partial charge in [0.2, 0.25) is 0 Å². The van der Waals surface area contributed by atoms with E-state index in [1.165, 1.54) is 4.68 Å². The van der Waals surface area contributed by atoms with Gasteiger partial charge in [0.25, 0.3) is 11.5 Å². The van der Waals surface area contributed by atoms with Crippen molar-refractivity contribution in [2.24, 2.45) is 5.10 Å². The van der Waals surface area contributed by atoms with Gasteiger partial charge in [-0.05, 0) is 55.8 Å². The second kappa shape index (κ2) is 11.8. The molecule has 0 bridgehead atoms. The van der Waals surface area contributed by atoms with Crippen molar-refractivity contribution in [2.75, 3.05) is 11.9 Å². The summed E-state index contributed by atoms with van der Waals surface area (Å²) in [6.45, 7) is 3.92. The zero-order chi connectivity index (χ0) is 25.5. The molecule has 0 radical (unpaired) electrons. The molecule has 1 heterocycles. The van der Waals surface area contributed by atoms with Crippen LogP contribution in [0.5, 0.6) is 5.75 Å². The number of hydrogen-bond acceptors (Lipinski definition) is 5. The van der Waals surface area contributed by atoms with Crippen LogP contribution in [0.3, 0.4) is 0 Å². The smallest absolute Gasteiger partial charge is 0.282 e. The van der Waals surface area contributed by atoms with Gasteiger partial charge in [-0.2, -0.15) is 9.78 Å². The molecule has 4 rings (SSSR count). The molecule has 8 heteroatoms. The zero-order valence-electron chi connectivity index (χ0n) is 20.2. The molecule has 0 aliphatic carbocycles. The first-order valence-electron chi connectivity index (χ1n) is 11.8. The van der Waals surface area contributed by atoms with E-state index in [0.717, 1.165) is 22.9 Å². The van der Waals surface area contributed by atoms with Gasteiger partial charge in [-0.25, -0.2) is 4.98 Å². The van der Waals surface area contributed by atoms with E-state index in [-0.39, 0.29) is 18.1 Å². The summed E-state index contributed by atoms with van der Waals surface area (Å²) < 4.78 is 7.93. The summed E-state index contributed by atoms with van der Waals surface area (Å²) in [6, 6.07) is 20.2. The number of aryl methyl sites for hydroxylation is 2. The van der Waals surface area contributed by atoms with Gasteiger partial charge in [0.15, 0.2) is 6.61 Å². The molecule has 184 valence electrons. The number of nitrogens with zero attached hydrogens (tertiary/aromatic N) is 3. The topological polar surface area (TPSA) is 85.6 Å². The Balaban J connectivity index is 1.57. The largest absolute Gasteiger partial charge is 0.483 e. The minimum atomic E-state index is -0.270. The standard InChI is InChI=1S/C28H27BrN4O3/c1-3-4-9-26-32-24-15-12-21(29)16-23(24)28(35)33(26)30-17-20-7-5-6-8-25(20)36-18-27(34)31-22-13-10-19(2)11-14-22/h5-8,10-17H,3-4,9,18H2,1-2H3,(H,31,34). The SMILES string of the molecule is CCCCc1nc2ccc(Br)cc2c(=O)n1N=Cc1ccccc1OCC(=O)Nc1ccc(C)cc1. The van der Waals surface area contributed by atoms with E-state index in [2.05, 4.69) is 33.3 Å². The predicted molar refractivity (Wildman–Crippen MR) is 147 cm³/mol. The van der Waals surface area contributed by atoms with Gasteiger partial charge >= 0.3 is 0 Å². The van der Waals surface area contributed by atoms with Crippen molar-refractivity contribution in [1.29, 1.82) is 0 Å². The first kappa shape index (κ1) is 25.3. The van der Waals surface area contributed by atoms with Crippen LogP contribution in [-0.4, -0.2) is 28.4 Å². The highest BCUT2D eigenvalue weighted by Crippen LogP contribution is 2.18. The zero-order valence-corrected chi connectivity index (χ0v) is 21.8. The molecule has 0 saturated heterocycles. The van der Waals surface area contributed by atoms with Crippen molar-refractivity contribution in [1.82, 2.24) is 9.66 Å². The molecule has 0 aliphatic rings. The molecule has 3 aromatic carbocycles. The molecule has 0 atom stereocenters. The van der Waals surface area contributed by atoms with E-state index in [1.807, 2.05) is 61.5 Å². The van der Waals surface area contributed by atoms with Gasteiger partial charge in [-0.1, -0.05) is 59.1 Å². The normalized spacial score (nSPS) is 11.2. The summed E-state index contributed by atoms with van der Waals surface area (Å²) in [5, 5.41) is 7.80. The van der Waals surface area contributed by atoms with Crippen LogP contribution in [-0.2, 0) is 11.2 Å². The first-order valence-corrected chi connectivity index (χ1v) is 12.6. The van der Waals surface area contributed by atoms with Crippen LogP contribution >= 0.6 is 15.9 Å². The summed E-state index contributed by atoms with van der Waals surface area (Å²) in [7, 11) is 0. The Kier molecular flexibility index (Phi) is 8.28. The highest BCUT2D eigenvalue weighted by atomic mass is 79.9. The average molecular weight is 547 g/mol. The van der Waals surface area contributed by atoms with Gasteiger partial charge in [0, 0.05) is 22.1 Å².